The maximum atomic E-state index is 10.8. The van der Waals surface area contributed by atoms with Crippen LogP contribution in [0.5, 0.6) is 0 Å². The molecule has 0 aromatic carbocycles. The fourth-order valence-electron chi connectivity index (χ4n) is 3.23. The number of hydrogen-bond donors (Lipinski definition) is 1. The molecule has 0 amide bonds. The lowest BCUT2D eigenvalue weighted by Gasteiger charge is -2.23. The summed E-state index contributed by atoms with van der Waals surface area (Å²) < 4.78 is 0. The van der Waals surface area contributed by atoms with Crippen LogP contribution in [0.25, 0.3) is 0 Å². The summed E-state index contributed by atoms with van der Waals surface area (Å²) in [5.41, 5.74) is 1.21. The first kappa shape index (κ1) is 13.5. The summed E-state index contributed by atoms with van der Waals surface area (Å²) in [6.45, 7) is 5.56. The average Bonchev–Trinajstić information content (AvgIpc) is 3.09. The third-order valence-electron chi connectivity index (χ3n) is 4.36. The smallest absolute Gasteiger partial charge is 0.337 e. The van der Waals surface area contributed by atoms with E-state index in [0.29, 0.717) is 6.04 Å². The maximum Gasteiger partial charge on any atom is 0.337 e. The third-order valence-corrected chi connectivity index (χ3v) is 4.36. The summed E-state index contributed by atoms with van der Waals surface area (Å²) in [6.07, 6.45) is 5.38. The van der Waals surface area contributed by atoms with E-state index in [1.165, 1.54) is 38.5 Å². The average molecular weight is 275 g/mol. The lowest BCUT2D eigenvalue weighted by molar-refractivity contribution is 0.0696. The van der Waals surface area contributed by atoms with Gasteiger partial charge in [-0.25, -0.2) is 4.79 Å². The summed E-state index contributed by atoms with van der Waals surface area (Å²) in [5, 5.41) is 8.86. The highest BCUT2D eigenvalue weighted by Gasteiger charge is 2.29. The predicted octanol–water partition coefficient (Wildman–Crippen LogP) is 1.45. The molecule has 2 aliphatic rings. The number of likely N-dealkylation sites (tertiary alicyclic amines) is 2. The molecule has 1 aromatic rings. The molecule has 1 atom stereocenters. The Hall–Kier alpha value is -1.46. The third kappa shape index (κ3) is 2.99. The number of carboxylic acid groups (broad SMARTS) is 1. The van der Waals surface area contributed by atoms with Crippen LogP contribution in [0.2, 0.25) is 0 Å². The van der Waals surface area contributed by atoms with Crippen LogP contribution in [-0.2, 0) is 6.54 Å². The van der Waals surface area contributed by atoms with Gasteiger partial charge in [0.25, 0.3) is 0 Å². The van der Waals surface area contributed by atoms with Crippen molar-refractivity contribution in [3.05, 3.63) is 29.6 Å². The Morgan fingerprint density at radius 3 is 2.75 bits per heavy atom. The van der Waals surface area contributed by atoms with Crippen molar-refractivity contribution in [3.8, 4) is 0 Å². The molecule has 5 heteroatoms. The summed E-state index contributed by atoms with van der Waals surface area (Å²) in [4.78, 5) is 20.1. The Balaban J connectivity index is 1.54. The van der Waals surface area contributed by atoms with Crippen LogP contribution in [0.4, 0.5) is 0 Å². The molecular formula is C15H21N3O2. The Labute approximate surface area is 119 Å². The van der Waals surface area contributed by atoms with E-state index < -0.39 is 5.97 Å². The van der Waals surface area contributed by atoms with Gasteiger partial charge in [-0.2, -0.15) is 0 Å². The molecule has 0 radical (unpaired) electrons. The number of pyridine rings is 1. The quantitative estimate of drug-likeness (QED) is 0.901. The number of carbonyl (C=O) groups is 1. The summed E-state index contributed by atoms with van der Waals surface area (Å²) in [5.74, 6) is -0.917. The summed E-state index contributed by atoms with van der Waals surface area (Å²) in [7, 11) is 0. The Morgan fingerprint density at radius 1 is 1.30 bits per heavy atom. The second kappa shape index (κ2) is 5.89. The molecule has 1 N–H and O–H groups in total. The second-order valence-electron chi connectivity index (χ2n) is 5.76. The minimum absolute atomic E-state index is 0.255. The first-order valence-corrected chi connectivity index (χ1v) is 7.37. The van der Waals surface area contributed by atoms with Gasteiger partial charge in [0.15, 0.2) is 0 Å². The van der Waals surface area contributed by atoms with Gasteiger partial charge in [0.2, 0.25) is 0 Å². The summed E-state index contributed by atoms with van der Waals surface area (Å²) in [6, 6.07) is 4.17. The fraction of sp³-hybridized carbons (Fsp3) is 0.600. The van der Waals surface area contributed by atoms with Crippen LogP contribution in [0.3, 0.4) is 0 Å². The molecule has 0 saturated carbocycles. The molecule has 3 rings (SSSR count). The van der Waals surface area contributed by atoms with Crippen molar-refractivity contribution < 1.29 is 9.90 Å². The number of nitrogens with zero attached hydrogens (tertiary/aromatic N) is 3. The number of aromatic nitrogens is 1. The molecule has 2 aliphatic heterocycles. The number of carboxylic acids is 1. The van der Waals surface area contributed by atoms with E-state index >= 15 is 0 Å². The zero-order valence-electron chi connectivity index (χ0n) is 11.7. The first-order valence-electron chi connectivity index (χ1n) is 7.37. The fourth-order valence-corrected chi connectivity index (χ4v) is 3.23. The molecule has 1 aromatic heterocycles. The second-order valence-corrected chi connectivity index (χ2v) is 5.76. The maximum absolute atomic E-state index is 10.8. The van der Waals surface area contributed by atoms with Crippen molar-refractivity contribution in [2.24, 2.45) is 0 Å². The largest absolute Gasteiger partial charge is 0.478 e. The van der Waals surface area contributed by atoms with E-state index in [2.05, 4.69) is 14.8 Å². The Morgan fingerprint density at radius 2 is 2.10 bits per heavy atom. The molecule has 108 valence electrons. The standard InChI is InChI=1S/C15H21N3O2/c19-15(20)12-3-4-13(16-9-12)10-17-8-5-14(11-17)18-6-1-2-7-18/h3-4,9,14H,1-2,5-8,10-11H2,(H,19,20). The Bertz CT molecular complexity index is 469. The van der Waals surface area contributed by atoms with E-state index in [1.807, 2.05) is 6.07 Å². The lowest BCUT2D eigenvalue weighted by atomic mass is 10.2. The van der Waals surface area contributed by atoms with Crippen LogP contribution in [0, 0.1) is 0 Å². The van der Waals surface area contributed by atoms with Crippen molar-refractivity contribution in [1.29, 1.82) is 0 Å². The van der Waals surface area contributed by atoms with Gasteiger partial charge in [-0.3, -0.25) is 14.8 Å². The zero-order chi connectivity index (χ0) is 13.9. The molecule has 1 unspecified atom stereocenters. The van der Waals surface area contributed by atoms with Crippen molar-refractivity contribution in [3.63, 3.8) is 0 Å². The van der Waals surface area contributed by atoms with E-state index in [-0.39, 0.29) is 5.56 Å². The van der Waals surface area contributed by atoms with Gasteiger partial charge in [0.1, 0.15) is 0 Å². The molecule has 20 heavy (non-hydrogen) atoms. The van der Waals surface area contributed by atoms with Gasteiger partial charge in [-0.1, -0.05) is 0 Å². The highest BCUT2D eigenvalue weighted by Crippen LogP contribution is 2.21. The van der Waals surface area contributed by atoms with Crippen LogP contribution >= 0.6 is 0 Å². The van der Waals surface area contributed by atoms with Crippen molar-refractivity contribution in [1.82, 2.24) is 14.8 Å². The molecule has 0 spiro atoms. The van der Waals surface area contributed by atoms with Crippen LogP contribution in [-0.4, -0.2) is 58.1 Å². The molecule has 0 aliphatic carbocycles. The van der Waals surface area contributed by atoms with Gasteiger partial charge < -0.3 is 5.11 Å². The van der Waals surface area contributed by atoms with Crippen LogP contribution < -0.4 is 0 Å². The van der Waals surface area contributed by atoms with Crippen LogP contribution in [0.15, 0.2) is 18.3 Å². The normalized spacial score (nSPS) is 24.3. The molecule has 2 saturated heterocycles. The topological polar surface area (TPSA) is 56.7 Å². The lowest BCUT2D eigenvalue weighted by Crippen LogP contribution is -2.35. The molecule has 3 heterocycles. The van der Waals surface area contributed by atoms with Crippen molar-refractivity contribution in [2.45, 2.75) is 31.8 Å². The monoisotopic (exact) mass is 275 g/mol. The van der Waals surface area contributed by atoms with Crippen LogP contribution in [0.1, 0.15) is 35.3 Å². The van der Waals surface area contributed by atoms with Gasteiger partial charge in [0, 0.05) is 31.9 Å². The number of aromatic carboxylic acids is 1. The molecule has 5 nitrogen and oxygen atoms in total. The minimum atomic E-state index is -0.917. The first-order chi connectivity index (χ1) is 9.72. The minimum Gasteiger partial charge on any atom is -0.478 e. The highest BCUT2D eigenvalue weighted by atomic mass is 16.4. The number of hydrogen-bond acceptors (Lipinski definition) is 4. The zero-order valence-corrected chi connectivity index (χ0v) is 11.7. The van der Waals surface area contributed by atoms with Crippen molar-refractivity contribution >= 4 is 5.97 Å². The summed E-state index contributed by atoms with van der Waals surface area (Å²) >= 11 is 0. The van der Waals surface area contributed by atoms with Gasteiger partial charge in [-0.15, -0.1) is 0 Å². The van der Waals surface area contributed by atoms with E-state index in [4.69, 9.17) is 5.11 Å². The van der Waals surface area contributed by atoms with E-state index in [0.717, 1.165) is 25.3 Å². The molecule has 0 bridgehead atoms. The number of rotatable bonds is 4. The van der Waals surface area contributed by atoms with Crippen molar-refractivity contribution in [2.75, 3.05) is 26.2 Å². The molecular weight excluding hydrogens is 254 g/mol. The van der Waals surface area contributed by atoms with Gasteiger partial charge in [0.05, 0.1) is 11.3 Å². The predicted molar refractivity (Wildman–Crippen MR) is 75.7 cm³/mol. The highest BCUT2D eigenvalue weighted by molar-refractivity contribution is 5.87. The SMILES string of the molecule is O=C(O)c1ccc(CN2CCC(N3CCCC3)C2)nc1. The van der Waals surface area contributed by atoms with E-state index in [9.17, 15) is 4.79 Å². The van der Waals surface area contributed by atoms with E-state index in [1.54, 1.807) is 6.07 Å². The Kier molecular flexibility index (Phi) is 3.98. The van der Waals surface area contributed by atoms with Gasteiger partial charge in [-0.05, 0) is 44.5 Å². The van der Waals surface area contributed by atoms with Gasteiger partial charge >= 0.3 is 5.97 Å². The molecule has 2 fully saturated rings.